The molecule has 0 spiro atoms. The van der Waals surface area contributed by atoms with Gasteiger partial charge in [0.15, 0.2) is 5.82 Å². The molecule has 0 unspecified atom stereocenters. The topological polar surface area (TPSA) is 43.6 Å². The molecule has 0 atom stereocenters. The first-order valence-electron chi connectivity index (χ1n) is 4.41. The quantitative estimate of drug-likeness (QED) is 0.788. The van der Waals surface area contributed by atoms with Crippen LogP contribution in [0.15, 0.2) is 30.9 Å². The van der Waals surface area contributed by atoms with Crippen LogP contribution in [0, 0.1) is 0 Å². The highest BCUT2D eigenvalue weighted by molar-refractivity contribution is 5.51. The minimum Gasteiger partial charge on any atom is -0.263 e. The van der Waals surface area contributed by atoms with Gasteiger partial charge in [-0.15, -0.1) is 0 Å². The van der Waals surface area contributed by atoms with E-state index in [9.17, 15) is 13.2 Å². The molecule has 0 fully saturated rings. The van der Waals surface area contributed by atoms with E-state index < -0.39 is 12.7 Å². The number of halogens is 3. The Morgan fingerprint density at radius 1 is 1.19 bits per heavy atom. The first kappa shape index (κ1) is 10.6. The molecule has 84 valence electrons. The van der Waals surface area contributed by atoms with Gasteiger partial charge in [0.1, 0.15) is 6.54 Å². The highest BCUT2D eigenvalue weighted by atomic mass is 19.4. The molecule has 2 heterocycles. The summed E-state index contributed by atoms with van der Waals surface area (Å²) in [7, 11) is 0. The number of nitrogens with zero attached hydrogens (tertiary/aromatic N) is 4. The summed E-state index contributed by atoms with van der Waals surface area (Å²) in [6.07, 6.45) is 1.33. The standard InChI is InChI=1S/C9H7F3N4/c10-9(11,12)6-16-5-7(4-15-16)8-13-2-1-3-14-8/h1-5H,6H2. The Kier molecular flexibility index (Phi) is 2.59. The van der Waals surface area contributed by atoms with E-state index in [4.69, 9.17) is 0 Å². The molecular formula is C9H7F3N4. The van der Waals surface area contributed by atoms with Crippen LogP contribution < -0.4 is 0 Å². The van der Waals surface area contributed by atoms with Crippen LogP contribution in [0.4, 0.5) is 13.2 Å². The molecule has 0 N–H and O–H groups in total. The molecular weight excluding hydrogens is 221 g/mol. The van der Waals surface area contributed by atoms with Gasteiger partial charge in [-0.2, -0.15) is 18.3 Å². The summed E-state index contributed by atoms with van der Waals surface area (Å²) in [5.74, 6) is 0.357. The van der Waals surface area contributed by atoms with Gasteiger partial charge in [0.25, 0.3) is 0 Å². The summed E-state index contributed by atoms with van der Waals surface area (Å²) >= 11 is 0. The van der Waals surface area contributed by atoms with Crippen LogP contribution in [-0.2, 0) is 6.54 Å². The Balaban J connectivity index is 2.21. The minimum absolute atomic E-state index is 0.357. The molecule has 0 aliphatic carbocycles. The SMILES string of the molecule is FC(F)(F)Cn1cc(-c2ncccn2)cn1. The summed E-state index contributed by atoms with van der Waals surface area (Å²) in [6.45, 7) is -1.11. The molecule has 4 nitrogen and oxygen atoms in total. The van der Waals surface area contributed by atoms with Crippen molar-refractivity contribution in [3.8, 4) is 11.4 Å². The van der Waals surface area contributed by atoms with Crippen LogP contribution in [0.25, 0.3) is 11.4 Å². The molecule has 0 saturated heterocycles. The number of hydrogen-bond donors (Lipinski definition) is 0. The van der Waals surface area contributed by atoms with Crippen LogP contribution in [0.1, 0.15) is 0 Å². The fraction of sp³-hybridized carbons (Fsp3) is 0.222. The van der Waals surface area contributed by atoms with Crippen molar-refractivity contribution >= 4 is 0 Å². The van der Waals surface area contributed by atoms with Crippen LogP contribution in [0.5, 0.6) is 0 Å². The fourth-order valence-corrected chi connectivity index (χ4v) is 1.20. The van der Waals surface area contributed by atoms with Gasteiger partial charge in [-0.1, -0.05) is 0 Å². The molecule has 16 heavy (non-hydrogen) atoms. The van der Waals surface area contributed by atoms with Gasteiger partial charge in [-0.3, -0.25) is 4.68 Å². The maximum atomic E-state index is 12.1. The lowest BCUT2D eigenvalue weighted by Gasteiger charge is -2.04. The lowest BCUT2D eigenvalue weighted by atomic mass is 10.3. The Bertz CT molecular complexity index is 463. The number of rotatable bonds is 2. The van der Waals surface area contributed by atoms with E-state index in [0.29, 0.717) is 11.4 Å². The van der Waals surface area contributed by atoms with Crippen LogP contribution in [-0.4, -0.2) is 25.9 Å². The van der Waals surface area contributed by atoms with E-state index in [0.717, 1.165) is 4.68 Å². The fourth-order valence-electron chi connectivity index (χ4n) is 1.20. The molecule has 7 heteroatoms. The Labute approximate surface area is 88.8 Å². The van der Waals surface area contributed by atoms with Crippen molar-refractivity contribution in [1.29, 1.82) is 0 Å². The molecule has 0 saturated carbocycles. The molecule has 2 aromatic rings. The van der Waals surface area contributed by atoms with Gasteiger partial charge in [-0.25, -0.2) is 9.97 Å². The third-order valence-corrected chi connectivity index (χ3v) is 1.80. The van der Waals surface area contributed by atoms with E-state index in [1.807, 2.05) is 0 Å². The van der Waals surface area contributed by atoms with Crippen LogP contribution >= 0.6 is 0 Å². The van der Waals surface area contributed by atoms with E-state index in [1.165, 1.54) is 24.8 Å². The Morgan fingerprint density at radius 2 is 1.88 bits per heavy atom. The Morgan fingerprint density at radius 3 is 2.50 bits per heavy atom. The predicted octanol–water partition coefficient (Wildman–Crippen LogP) is 1.90. The highest BCUT2D eigenvalue weighted by Gasteiger charge is 2.28. The van der Waals surface area contributed by atoms with E-state index in [2.05, 4.69) is 15.1 Å². The van der Waals surface area contributed by atoms with E-state index >= 15 is 0 Å². The third kappa shape index (κ3) is 2.56. The van der Waals surface area contributed by atoms with Crippen molar-refractivity contribution in [2.24, 2.45) is 0 Å². The largest absolute Gasteiger partial charge is 0.408 e. The molecule has 0 aliphatic rings. The normalized spacial score (nSPS) is 11.7. The van der Waals surface area contributed by atoms with Crippen molar-refractivity contribution in [3.05, 3.63) is 30.9 Å². The van der Waals surface area contributed by atoms with Crippen molar-refractivity contribution in [1.82, 2.24) is 19.7 Å². The molecule has 0 aromatic carbocycles. The van der Waals surface area contributed by atoms with Gasteiger partial charge in [0.2, 0.25) is 0 Å². The van der Waals surface area contributed by atoms with Crippen LogP contribution in [0.3, 0.4) is 0 Å². The number of alkyl halides is 3. The first-order chi connectivity index (χ1) is 7.54. The average molecular weight is 228 g/mol. The van der Waals surface area contributed by atoms with E-state index in [-0.39, 0.29) is 0 Å². The number of hydrogen-bond acceptors (Lipinski definition) is 3. The molecule has 2 rings (SSSR count). The Hall–Kier alpha value is -1.92. The van der Waals surface area contributed by atoms with E-state index in [1.54, 1.807) is 6.07 Å². The van der Waals surface area contributed by atoms with Gasteiger partial charge < -0.3 is 0 Å². The van der Waals surface area contributed by atoms with Crippen molar-refractivity contribution in [2.45, 2.75) is 12.7 Å². The molecule has 0 amide bonds. The summed E-state index contributed by atoms with van der Waals surface area (Å²) in [6, 6.07) is 1.63. The predicted molar refractivity (Wildman–Crippen MR) is 49.3 cm³/mol. The zero-order valence-electron chi connectivity index (χ0n) is 8.02. The molecule has 0 radical (unpaired) electrons. The summed E-state index contributed by atoms with van der Waals surface area (Å²) < 4.78 is 37.0. The second kappa shape index (κ2) is 3.92. The molecule has 0 bridgehead atoms. The lowest BCUT2D eigenvalue weighted by molar-refractivity contribution is -0.142. The zero-order chi connectivity index (χ0) is 11.6. The maximum Gasteiger partial charge on any atom is 0.408 e. The van der Waals surface area contributed by atoms with Crippen molar-refractivity contribution < 1.29 is 13.2 Å². The number of aromatic nitrogens is 4. The monoisotopic (exact) mass is 228 g/mol. The summed E-state index contributed by atoms with van der Waals surface area (Å²) in [5.41, 5.74) is 0.463. The second-order valence-electron chi connectivity index (χ2n) is 3.11. The van der Waals surface area contributed by atoms with Crippen LogP contribution in [0.2, 0.25) is 0 Å². The van der Waals surface area contributed by atoms with Gasteiger partial charge >= 0.3 is 6.18 Å². The second-order valence-corrected chi connectivity index (χ2v) is 3.11. The maximum absolute atomic E-state index is 12.1. The highest BCUT2D eigenvalue weighted by Crippen LogP contribution is 2.19. The molecule has 2 aromatic heterocycles. The van der Waals surface area contributed by atoms with Gasteiger partial charge in [-0.05, 0) is 6.07 Å². The van der Waals surface area contributed by atoms with Gasteiger partial charge in [0, 0.05) is 18.6 Å². The van der Waals surface area contributed by atoms with Gasteiger partial charge in [0.05, 0.1) is 11.8 Å². The molecule has 0 aliphatic heterocycles. The smallest absolute Gasteiger partial charge is 0.263 e. The average Bonchev–Trinajstić information content (AvgIpc) is 2.65. The van der Waals surface area contributed by atoms with Crippen molar-refractivity contribution in [3.63, 3.8) is 0 Å². The zero-order valence-corrected chi connectivity index (χ0v) is 8.02. The summed E-state index contributed by atoms with van der Waals surface area (Å²) in [5, 5.41) is 3.59. The first-order valence-corrected chi connectivity index (χ1v) is 4.41. The minimum atomic E-state index is -4.28. The lowest BCUT2D eigenvalue weighted by Crippen LogP contribution is -2.17. The summed E-state index contributed by atoms with van der Waals surface area (Å²) in [4.78, 5) is 7.83. The van der Waals surface area contributed by atoms with Crippen molar-refractivity contribution in [2.75, 3.05) is 0 Å². The third-order valence-electron chi connectivity index (χ3n) is 1.80.